The van der Waals surface area contributed by atoms with Gasteiger partial charge >= 0.3 is 0 Å². The molecule has 0 unspecified atom stereocenters. The maximum atomic E-state index is 12.4. The van der Waals surface area contributed by atoms with Crippen molar-refractivity contribution in [2.75, 3.05) is 37.7 Å². The summed E-state index contributed by atoms with van der Waals surface area (Å²) in [6.45, 7) is 2.06. The van der Waals surface area contributed by atoms with E-state index in [0.717, 1.165) is 0 Å². The van der Waals surface area contributed by atoms with Gasteiger partial charge in [0.15, 0.2) is 9.84 Å². The van der Waals surface area contributed by atoms with Gasteiger partial charge in [-0.1, -0.05) is 6.07 Å². The third-order valence-electron chi connectivity index (χ3n) is 4.09. The van der Waals surface area contributed by atoms with Crippen molar-refractivity contribution >= 4 is 31.2 Å². The molecule has 3 rings (SSSR count). The molecule has 9 heteroatoms. The molecule has 0 aromatic carbocycles. The Morgan fingerprint density at radius 1 is 1.19 bits per heavy atom. The number of sulfonamides is 1. The molecule has 3 heterocycles. The monoisotopic (exact) mass is 350 g/mol. The minimum atomic E-state index is -3.38. The smallest absolute Gasteiger partial charge is 0.252 e. The molecule has 2 aliphatic rings. The minimum Gasteiger partial charge on any atom is -0.297 e. The van der Waals surface area contributed by atoms with Crippen molar-refractivity contribution in [3.63, 3.8) is 0 Å². The van der Waals surface area contributed by atoms with Crippen LogP contribution in [0.1, 0.15) is 6.42 Å². The molecule has 2 saturated heterocycles. The lowest BCUT2D eigenvalue weighted by Crippen LogP contribution is -2.52. The molecule has 0 spiro atoms. The summed E-state index contributed by atoms with van der Waals surface area (Å²) in [6, 6.07) is 3.41. The van der Waals surface area contributed by atoms with E-state index in [-0.39, 0.29) is 17.5 Å². The zero-order valence-electron chi connectivity index (χ0n) is 11.5. The molecule has 0 radical (unpaired) electrons. The average Bonchev–Trinajstić information content (AvgIpc) is 3.08. The van der Waals surface area contributed by atoms with Crippen LogP contribution < -0.4 is 0 Å². The molecule has 1 aromatic heterocycles. The van der Waals surface area contributed by atoms with E-state index in [0.29, 0.717) is 36.8 Å². The summed E-state index contributed by atoms with van der Waals surface area (Å²) in [5.41, 5.74) is 0. The molecule has 1 atom stereocenters. The Hall–Kier alpha value is -0.480. The minimum absolute atomic E-state index is 0.0570. The van der Waals surface area contributed by atoms with E-state index in [1.807, 2.05) is 0 Å². The molecule has 0 N–H and O–H groups in total. The molecule has 0 saturated carbocycles. The van der Waals surface area contributed by atoms with Crippen LogP contribution in [0.5, 0.6) is 0 Å². The quantitative estimate of drug-likeness (QED) is 0.781. The topological polar surface area (TPSA) is 74.8 Å². The van der Waals surface area contributed by atoms with E-state index in [1.165, 1.54) is 15.6 Å². The van der Waals surface area contributed by atoms with Crippen molar-refractivity contribution in [2.24, 2.45) is 0 Å². The number of rotatable bonds is 3. The van der Waals surface area contributed by atoms with Crippen molar-refractivity contribution in [3.8, 4) is 0 Å². The van der Waals surface area contributed by atoms with E-state index < -0.39 is 19.9 Å². The van der Waals surface area contributed by atoms with Gasteiger partial charge in [-0.25, -0.2) is 16.8 Å². The largest absolute Gasteiger partial charge is 0.297 e. The highest BCUT2D eigenvalue weighted by Gasteiger charge is 2.36. The Bertz CT molecular complexity index is 689. The highest BCUT2D eigenvalue weighted by Crippen LogP contribution is 2.24. The van der Waals surface area contributed by atoms with Crippen LogP contribution in [-0.4, -0.2) is 69.8 Å². The van der Waals surface area contributed by atoms with Crippen LogP contribution >= 0.6 is 11.3 Å². The molecule has 2 fully saturated rings. The van der Waals surface area contributed by atoms with Crippen molar-refractivity contribution in [1.82, 2.24) is 9.21 Å². The summed E-state index contributed by atoms with van der Waals surface area (Å²) >= 11 is 1.23. The van der Waals surface area contributed by atoms with Crippen LogP contribution in [0.4, 0.5) is 0 Å². The average molecular weight is 350 g/mol. The van der Waals surface area contributed by atoms with Crippen molar-refractivity contribution in [3.05, 3.63) is 17.5 Å². The molecule has 118 valence electrons. The van der Waals surface area contributed by atoms with E-state index in [4.69, 9.17) is 0 Å². The molecular weight excluding hydrogens is 332 g/mol. The molecule has 0 aliphatic carbocycles. The lowest BCUT2D eigenvalue weighted by molar-refractivity contribution is 0.148. The van der Waals surface area contributed by atoms with Gasteiger partial charge in [0, 0.05) is 32.2 Å². The van der Waals surface area contributed by atoms with Crippen LogP contribution in [0.25, 0.3) is 0 Å². The van der Waals surface area contributed by atoms with Gasteiger partial charge in [-0.15, -0.1) is 11.3 Å². The Labute approximate surface area is 129 Å². The first-order valence-electron chi connectivity index (χ1n) is 6.87. The third kappa shape index (κ3) is 3.16. The molecule has 6 nitrogen and oxygen atoms in total. The van der Waals surface area contributed by atoms with E-state index in [1.54, 1.807) is 17.5 Å². The lowest BCUT2D eigenvalue weighted by atomic mass is 10.2. The summed E-state index contributed by atoms with van der Waals surface area (Å²) in [5, 5.41) is 1.76. The summed E-state index contributed by atoms with van der Waals surface area (Å²) in [6.07, 6.45) is 0.667. The van der Waals surface area contributed by atoms with E-state index in [2.05, 4.69) is 4.90 Å². The second kappa shape index (κ2) is 5.62. The Morgan fingerprint density at radius 3 is 2.43 bits per heavy atom. The predicted octanol–water partition coefficient (Wildman–Crippen LogP) is 0.242. The highest BCUT2D eigenvalue weighted by atomic mass is 32.2. The number of hydrogen-bond donors (Lipinski definition) is 0. The summed E-state index contributed by atoms with van der Waals surface area (Å²) < 4.78 is 49.7. The Kier molecular flexibility index (Phi) is 4.12. The number of nitrogens with zero attached hydrogens (tertiary/aromatic N) is 2. The first-order valence-corrected chi connectivity index (χ1v) is 11.0. The van der Waals surface area contributed by atoms with Gasteiger partial charge < -0.3 is 0 Å². The molecule has 0 bridgehead atoms. The molecule has 2 aliphatic heterocycles. The zero-order valence-corrected chi connectivity index (χ0v) is 14.0. The predicted molar refractivity (Wildman–Crippen MR) is 81.7 cm³/mol. The molecular formula is C12H18N2O4S3. The standard InChI is InChI=1S/C12H18N2O4S3/c15-20(16)9-3-11(10-20)13-4-6-14(7-5-13)21(17,18)12-2-1-8-19-12/h1-2,8,11H,3-7,9-10H2/t11-/m0/s1. The second-order valence-electron chi connectivity index (χ2n) is 5.43. The number of piperazine rings is 1. The van der Waals surface area contributed by atoms with Gasteiger partial charge in [0.25, 0.3) is 10.0 Å². The maximum Gasteiger partial charge on any atom is 0.252 e. The summed E-state index contributed by atoms with van der Waals surface area (Å²) in [4.78, 5) is 2.12. The van der Waals surface area contributed by atoms with Crippen molar-refractivity contribution < 1.29 is 16.8 Å². The van der Waals surface area contributed by atoms with Gasteiger partial charge in [-0.05, 0) is 17.9 Å². The third-order valence-corrected chi connectivity index (χ3v) is 9.11. The number of hydrogen-bond acceptors (Lipinski definition) is 6. The lowest BCUT2D eigenvalue weighted by Gasteiger charge is -2.36. The number of thiophene rings is 1. The fraction of sp³-hybridized carbons (Fsp3) is 0.667. The van der Waals surface area contributed by atoms with E-state index in [9.17, 15) is 16.8 Å². The van der Waals surface area contributed by atoms with Gasteiger partial charge in [0.05, 0.1) is 11.5 Å². The number of sulfone groups is 1. The molecule has 0 amide bonds. The highest BCUT2D eigenvalue weighted by molar-refractivity contribution is 7.91. The van der Waals surface area contributed by atoms with Crippen LogP contribution in [0.3, 0.4) is 0 Å². The van der Waals surface area contributed by atoms with Gasteiger partial charge in [0.1, 0.15) is 4.21 Å². The van der Waals surface area contributed by atoms with Crippen molar-refractivity contribution in [2.45, 2.75) is 16.7 Å². The van der Waals surface area contributed by atoms with Crippen LogP contribution in [0.2, 0.25) is 0 Å². The van der Waals surface area contributed by atoms with Gasteiger partial charge in [-0.2, -0.15) is 4.31 Å². The van der Waals surface area contributed by atoms with Crippen LogP contribution in [-0.2, 0) is 19.9 Å². The van der Waals surface area contributed by atoms with Crippen LogP contribution in [0, 0.1) is 0 Å². The fourth-order valence-electron chi connectivity index (χ4n) is 2.91. The summed E-state index contributed by atoms with van der Waals surface area (Å²) in [7, 11) is -6.28. The van der Waals surface area contributed by atoms with E-state index >= 15 is 0 Å². The normalized spacial score (nSPS) is 27.9. The zero-order chi connectivity index (χ0) is 15.1. The second-order valence-corrected chi connectivity index (χ2v) is 10.8. The molecule has 21 heavy (non-hydrogen) atoms. The maximum absolute atomic E-state index is 12.4. The van der Waals surface area contributed by atoms with Crippen molar-refractivity contribution in [1.29, 1.82) is 0 Å². The summed E-state index contributed by atoms with van der Waals surface area (Å²) in [5.74, 6) is 0.468. The SMILES string of the molecule is O=S1(=O)CC[C@H](N2CCN(S(=O)(=O)c3cccs3)CC2)C1. The Morgan fingerprint density at radius 2 is 1.90 bits per heavy atom. The first kappa shape index (κ1) is 15.4. The first-order chi connectivity index (χ1) is 9.88. The van der Waals surface area contributed by atoms with Crippen LogP contribution in [0.15, 0.2) is 21.7 Å². The van der Waals surface area contributed by atoms with Gasteiger partial charge in [0.2, 0.25) is 0 Å². The molecule has 1 aromatic rings. The Balaban J connectivity index is 1.64. The van der Waals surface area contributed by atoms with Gasteiger partial charge in [-0.3, -0.25) is 4.90 Å². The fourth-order valence-corrected chi connectivity index (χ4v) is 7.24.